The Kier molecular flexibility index (Phi) is 4.76. The van der Waals surface area contributed by atoms with Crippen molar-refractivity contribution < 1.29 is 22.3 Å². The maximum Gasteiger partial charge on any atom is 0.243 e. The SMILES string of the molecule is Cc1cc(S(=O)(=O)N2CC3(CC(CC(=O)NCC4CC4)CO3)C2)ccc1F. The number of halogens is 1. The second kappa shape index (κ2) is 6.83. The van der Waals surface area contributed by atoms with Gasteiger partial charge in [-0.2, -0.15) is 4.31 Å². The molecule has 148 valence electrons. The lowest BCUT2D eigenvalue weighted by molar-refractivity contribution is -0.122. The molecule has 1 spiro atoms. The fourth-order valence-electron chi connectivity index (χ4n) is 3.90. The van der Waals surface area contributed by atoms with Crippen LogP contribution >= 0.6 is 0 Å². The van der Waals surface area contributed by atoms with Crippen molar-refractivity contribution in [3.8, 4) is 0 Å². The van der Waals surface area contributed by atoms with E-state index < -0.39 is 21.4 Å². The lowest BCUT2D eigenvalue weighted by atomic mass is 9.87. The number of aryl methyl sites for hydroxylation is 1. The monoisotopic (exact) mass is 396 g/mol. The number of benzene rings is 1. The molecule has 3 fully saturated rings. The summed E-state index contributed by atoms with van der Waals surface area (Å²) in [6.45, 7) is 3.36. The maximum atomic E-state index is 13.4. The van der Waals surface area contributed by atoms with E-state index in [1.807, 2.05) is 0 Å². The average Bonchev–Trinajstić information content (AvgIpc) is 3.32. The Hall–Kier alpha value is -1.51. The summed E-state index contributed by atoms with van der Waals surface area (Å²) in [4.78, 5) is 12.1. The van der Waals surface area contributed by atoms with Crippen LogP contribution in [0.25, 0.3) is 0 Å². The summed E-state index contributed by atoms with van der Waals surface area (Å²) in [5, 5.41) is 2.97. The molecule has 1 atom stereocenters. The lowest BCUT2D eigenvalue weighted by Gasteiger charge is -2.46. The molecule has 8 heteroatoms. The molecule has 1 saturated carbocycles. The third-order valence-corrected chi connectivity index (χ3v) is 7.53. The third kappa shape index (κ3) is 3.88. The molecule has 1 N–H and O–H groups in total. The van der Waals surface area contributed by atoms with Crippen LogP contribution in [0.2, 0.25) is 0 Å². The predicted octanol–water partition coefficient (Wildman–Crippen LogP) is 1.83. The zero-order chi connectivity index (χ0) is 19.2. The molecular formula is C19H25FN2O4S. The summed E-state index contributed by atoms with van der Waals surface area (Å²) in [7, 11) is -3.65. The first-order valence-electron chi connectivity index (χ1n) is 9.44. The van der Waals surface area contributed by atoms with E-state index in [9.17, 15) is 17.6 Å². The second-order valence-corrected chi connectivity index (χ2v) is 10.1. The molecule has 0 radical (unpaired) electrons. The number of carbonyl (C=O) groups excluding carboxylic acids is 1. The molecular weight excluding hydrogens is 371 g/mol. The van der Waals surface area contributed by atoms with Crippen LogP contribution in [0.1, 0.15) is 31.2 Å². The Morgan fingerprint density at radius 2 is 2.07 bits per heavy atom. The van der Waals surface area contributed by atoms with Gasteiger partial charge < -0.3 is 10.1 Å². The van der Waals surface area contributed by atoms with Crippen LogP contribution in [-0.2, 0) is 19.6 Å². The fraction of sp³-hybridized carbons (Fsp3) is 0.632. The van der Waals surface area contributed by atoms with Crippen molar-refractivity contribution in [2.45, 2.75) is 43.1 Å². The predicted molar refractivity (Wildman–Crippen MR) is 97.0 cm³/mol. The van der Waals surface area contributed by atoms with Crippen LogP contribution in [0.15, 0.2) is 23.1 Å². The number of hydrogen-bond donors (Lipinski definition) is 1. The Bertz CT molecular complexity index is 847. The van der Waals surface area contributed by atoms with Crippen molar-refractivity contribution in [1.29, 1.82) is 0 Å². The van der Waals surface area contributed by atoms with Crippen molar-refractivity contribution in [3.63, 3.8) is 0 Å². The minimum atomic E-state index is -3.65. The Labute approximate surface area is 159 Å². The molecule has 0 aromatic heterocycles. The Morgan fingerprint density at radius 3 is 2.74 bits per heavy atom. The van der Waals surface area contributed by atoms with E-state index in [-0.39, 0.29) is 29.8 Å². The molecule has 27 heavy (non-hydrogen) atoms. The molecule has 1 amide bonds. The van der Waals surface area contributed by atoms with Crippen LogP contribution in [0.3, 0.4) is 0 Å². The molecule has 1 aromatic rings. The molecule has 1 aliphatic carbocycles. The summed E-state index contributed by atoms with van der Waals surface area (Å²) in [5.41, 5.74) is -0.176. The minimum Gasteiger partial charge on any atom is -0.372 e. The van der Waals surface area contributed by atoms with Crippen molar-refractivity contribution in [3.05, 3.63) is 29.6 Å². The number of sulfonamides is 1. The normalized spacial score (nSPS) is 24.7. The third-order valence-electron chi connectivity index (χ3n) is 5.74. The zero-order valence-corrected chi connectivity index (χ0v) is 16.2. The van der Waals surface area contributed by atoms with Gasteiger partial charge in [0, 0.05) is 26.1 Å². The molecule has 6 nitrogen and oxygen atoms in total. The highest BCUT2D eigenvalue weighted by molar-refractivity contribution is 7.89. The van der Waals surface area contributed by atoms with Gasteiger partial charge in [0.25, 0.3) is 0 Å². The standard InChI is InChI=1S/C19H25FN2O4S/c1-13-6-16(4-5-17(13)20)27(24,25)22-11-19(12-22)8-15(10-26-19)7-18(23)21-9-14-2-3-14/h4-6,14-15H,2-3,7-12H2,1H3,(H,21,23). The van der Waals surface area contributed by atoms with Crippen LogP contribution in [-0.4, -0.2) is 50.5 Å². The van der Waals surface area contributed by atoms with E-state index in [4.69, 9.17) is 4.74 Å². The van der Waals surface area contributed by atoms with Crippen molar-refractivity contribution in [2.75, 3.05) is 26.2 Å². The fourth-order valence-corrected chi connectivity index (χ4v) is 5.57. The van der Waals surface area contributed by atoms with E-state index in [0.29, 0.717) is 30.9 Å². The number of hydrogen-bond acceptors (Lipinski definition) is 4. The van der Waals surface area contributed by atoms with E-state index in [2.05, 4.69) is 5.32 Å². The first-order valence-corrected chi connectivity index (χ1v) is 10.9. The van der Waals surface area contributed by atoms with E-state index >= 15 is 0 Å². The minimum absolute atomic E-state index is 0.0538. The average molecular weight is 396 g/mol. The topological polar surface area (TPSA) is 75.7 Å². The highest BCUT2D eigenvalue weighted by atomic mass is 32.2. The smallest absolute Gasteiger partial charge is 0.243 e. The van der Waals surface area contributed by atoms with Gasteiger partial charge in [-0.05, 0) is 61.8 Å². The first-order chi connectivity index (χ1) is 12.8. The number of carbonyl (C=O) groups is 1. The van der Waals surface area contributed by atoms with Gasteiger partial charge in [-0.15, -0.1) is 0 Å². The van der Waals surface area contributed by atoms with E-state index in [1.165, 1.54) is 35.3 Å². The molecule has 1 unspecified atom stereocenters. The molecule has 2 heterocycles. The van der Waals surface area contributed by atoms with Crippen LogP contribution < -0.4 is 5.32 Å². The summed E-state index contributed by atoms with van der Waals surface area (Å²) in [6.07, 6.45) is 3.53. The summed E-state index contributed by atoms with van der Waals surface area (Å²) in [5.74, 6) is 0.414. The summed E-state index contributed by atoms with van der Waals surface area (Å²) in [6, 6.07) is 3.84. The van der Waals surface area contributed by atoms with Crippen LogP contribution in [0.4, 0.5) is 4.39 Å². The number of ether oxygens (including phenoxy) is 1. The highest BCUT2D eigenvalue weighted by Crippen LogP contribution is 2.41. The van der Waals surface area contributed by atoms with Gasteiger partial charge in [0.1, 0.15) is 5.82 Å². The number of nitrogens with zero attached hydrogens (tertiary/aromatic N) is 1. The summed E-state index contributed by atoms with van der Waals surface area (Å²) >= 11 is 0. The van der Waals surface area contributed by atoms with Gasteiger partial charge in [0.15, 0.2) is 0 Å². The Balaban J connectivity index is 1.31. The van der Waals surface area contributed by atoms with E-state index in [0.717, 1.165) is 6.54 Å². The zero-order valence-electron chi connectivity index (χ0n) is 15.4. The van der Waals surface area contributed by atoms with E-state index in [1.54, 1.807) is 6.92 Å². The Morgan fingerprint density at radius 1 is 1.33 bits per heavy atom. The van der Waals surface area contributed by atoms with Gasteiger partial charge in [0.05, 0.1) is 17.1 Å². The lowest BCUT2D eigenvalue weighted by Crippen LogP contribution is -2.63. The number of nitrogens with one attached hydrogen (secondary N) is 1. The summed E-state index contributed by atoms with van der Waals surface area (Å²) < 4.78 is 46.1. The van der Waals surface area contributed by atoms with Gasteiger partial charge >= 0.3 is 0 Å². The van der Waals surface area contributed by atoms with Crippen molar-refractivity contribution in [2.24, 2.45) is 11.8 Å². The maximum absolute atomic E-state index is 13.4. The first kappa shape index (κ1) is 18.8. The highest BCUT2D eigenvalue weighted by Gasteiger charge is 2.53. The quantitative estimate of drug-likeness (QED) is 0.796. The molecule has 2 saturated heterocycles. The molecule has 1 aromatic carbocycles. The molecule has 2 aliphatic heterocycles. The van der Waals surface area contributed by atoms with Gasteiger partial charge in [-0.25, -0.2) is 12.8 Å². The number of rotatable bonds is 6. The van der Waals surface area contributed by atoms with Crippen molar-refractivity contribution >= 4 is 15.9 Å². The van der Waals surface area contributed by atoms with Crippen molar-refractivity contribution in [1.82, 2.24) is 9.62 Å². The number of amides is 1. The van der Waals surface area contributed by atoms with Gasteiger partial charge in [0.2, 0.25) is 15.9 Å². The van der Waals surface area contributed by atoms with Gasteiger partial charge in [-0.3, -0.25) is 4.79 Å². The van der Waals surface area contributed by atoms with Crippen LogP contribution in [0, 0.1) is 24.6 Å². The van der Waals surface area contributed by atoms with Crippen LogP contribution in [0.5, 0.6) is 0 Å². The largest absolute Gasteiger partial charge is 0.372 e. The second-order valence-electron chi connectivity index (χ2n) is 8.20. The molecule has 3 aliphatic rings. The molecule has 0 bridgehead atoms. The molecule has 4 rings (SSSR count). The van der Waals surface area contributed by atoms with Gasteiger partial charge in [-0.1, -0.05) is 0 Å².